The van der Waals surface area contributed by atoms with Gasteiger partial charge in [0.25, 0.3) is 0 Å². The Kier molecular flexibility index (Phi) is 1.63. The van der Waals surface area contributed by atoms with Gasteiger partial charge >= 0.3 is 0 Å². The van der Waals surface area contributed by atoms with Crippen LogP contribution in [-0.2, 0) is 0 Å². The molecule has 0 saturated heterocycles. The molecule has 0 fully saturated rings. The number of hydrogen-bond donors (Lipinski definition) is 1. The molecular formula is C14H13N. The van der Waals surface area contributed by atoms with Gasteiger partial charge < -0.3 is 5.73 Å². The van der Waals surface area contributed by atoms with Crippen LogP contribution in [0.3, 0.4) is 0 Å². The zero-order valence-electron chi connectivity index (χ0n) is 8.70. The number of hydrogen-bond acceptors (Lipinski definition) is 1. The third kappa shape index (κ3) is 1.09. The lowest BCUT2D eigenvalue weighted by Crippen LogP contribution is -2.11. The molecule has 0 heterocycles. The van der Waals surface area contributed by atoms with Crippen LogP contribution < -0.4 is 5.73 Å². The minimum atomic E-state index is 0.337. The van der Waals surface area contributed by atoms with Gasteiger partial charge in [-0.1, -0.05) is 43.3 Å². The summed E-state index contributed by atoms with van der Waals surface area (Å²) in [5.41, 5.74) is 9.59. The third-order valence-electron chi connectivity index (χ3n) is 3.26. The summed E-state index contributed by atoms with van der Waals surface area (Å²) in [6, 6.07) is 12.8. The highest BCUT2D eigenvalue weighted by Crippen LogP contribution is 2.36. The predicted molar refractivity (Wildman–Crippen MR) is 64.5 cm³/mol. The number of rotatable bonds is 0. The maximum atomic E-state index is 6.03. The molecule has 0 saturated carbocycles. The number of allylic oxidation sites excluding steroid dienone is 1. The molecule has 1 nitrogen and oxygen atoms in total. The molecule has 0 amide bonds. The lowest BCUT2D eigenvalue weighted by molar-refractivity contribution is 0.889. The van der Waals surface area contributed by atoms with E-state index in [4.69, 9.17) is 5.73 Å². The summed E-state index contributed by atoms with van der Waals surface area (Å²) in [7, 11) is 0. The van der Waals surface area contributed by atoms with Crippen molar-refractivity contribution >= 4 is 16.8 Å². The fourth-order valence-corrected chi connectivity index (χ4v) is 2.37. The van der Waals surface area contributed by atoms with Gasteiger partial charge in [0.15, 0.2) is 0 Å². The first-order chi connectivity index (χ1) is 7.27. The van der Waals surface area contributed by atoms with E-state index in [0.717, 1.165) is 5.70 Å². The van der Waals surface area contributed by atoms with Gasteiger partial charge in [0.2, 0.25) is 0 Å². The van der Waals surface area contributed by atoms with E-state index >= 15 is 0 Å². The highest BCUT2D eigenvalue weighted by atomic mass is 14.6. The molecule has 1 unspecified atom stereocenters. The van der Waals surface area contributed by atoms with Crippen molar-refractivity contribution in [3.63, 3.8) is 0 Å². The Morgan fingerprint density at radius 3 is 2.60 bits per heavy atom. The molecule has 0 spiro atoms. The van der Waals surface area contributed by atoms with E-state index < -0.39 is 0 Å². The minimum absolute atomic E-state index is 0.337. The average molecular weight is 195 g/mol. The summed E-state index contributed by atoms with van der Waals surface area (Å²) in [5, 5.41) is 2.67. The second-order valence-electron chi connectivity index (χ2n) is 4.16. The van der Waals surface area contributed by atoms with Crippen molar-refractivity contribution < 1.29 is 0 Å². The van der Waals surface area contributed by atoms with Crippen molar-refractivity contribution in [2.75, 3.05) is 0 Å². The monoisotopic (exact) mass is 195 g/mol. The van der Waals surface area contributed by atoms with E-state index in [1.165, 1.54) is 21.9 Å². The smallest absolute Gasteiger partial charge is 0.0213 e. The lowest BCUT2D eigenvalue weighted by Gasteiger charge is -2.21. The molecular weight excluding hydrogens is 182 g/mol. The number of benzene rings is 2. The van der Waals surface area contributed by atoms with Crippen LogP contribution in [0.25, 0.3) is 16.8 Å². The van der Waals surface area contributed by atoms with Crippen molar-refractivity contribution in [1.29, 1.82) is 0 Å². The molecule has 2 aromatic carbocycles. The standard InChI is InChI=1S/C14H13N/c1-9-12-7-3-5-10-4-2-6-11(14(10)12)8-13(9)15/h2-9H,15H2,1H3. The predicted octanol–water partition coefficient (Wildman–Crippen LogP) is 3.26. The van der Waals surface area contributed by atoms with E-state index in [-0.39, 0.29) is 0 Å². The van der Waals surface area contributed by atoms with E-state index in [0.29, 0.717) is 5.92 Å². The molecule has 2 aromatic rings. The first-order valence-corrected chi connectivity index (χ1v) is 5.26. The van der Waals surface area contributed by atoms with Gasteiger partial charge in [-0.3, -0.25) is 0 Å². The van der Waals surface area contributed by atoms with Crippen molar-refractivity contribution in [2.24, 2.45) is 5.73 Å². The molecule has 2 N–H and O–H groups in total. The summed E-state index contributed by atoms with van der Waals surface area (Å²) >= 11 is 0. The first kappa shape index (κ1) is 8.54. The average Bonchev–Trinajstić information content (AvgIpc) is 2.26. The van der Waals surface area contributed by atoms with Gasteiger partial charge in [-0.2, -0.15) is 0 Å². The Balaban J connectivity index is 2.49. The van der Waals surface area contributed by atoms with E-state index in [1.807, 2.05) is 0 Å². The van der Waals surface area contributed by atoms with Crippen LogP contribution in [0, 0.1) is 0 Å². The fraction of sp³-hybridized carbons (Fsp3) is 0.143. The largest absolute Gasteiger partial charge is 0.402 e. The second-order valence-corrected chi connectivity index (χ2v) is 4.16. The van der Waals surface area contributed by atoms with Crippen LogP contribution in [-0.4, -0.2) is 0 Å². The molecule has 1 atom stereocenters. The van der Waals surface area contributed by atoms with E-state index in [9.17, 15) is 0 Å². The molecule has 0 bridgehead atoms. The Morgan fingerprint density at radius 2 is 1.80 bits per heavy atom. The molecule has 0 aromatic heterocycles. The summed E-state index contributed by atoms with van der Waals surface area (Å²) in [6.45, 7) is 2.16. The van der Waals surface area contributed by atoms with E-state index in [2.05, 4.69) is 49.4 Å². The van der Waals surface area contributed by atoms with Crippen LogP contribution >= 0.6 is 0 Å². The Labute approximate surface area is 89.2 Å². The summed E-state index contributed by atoms with van der Waals surface area (Å²) < 4.78 is 0. The summed E-state index contributed by atoms with van der Waals surface area (Å²) in [6.07, 6.45) is 2.10. The van der Waals surface area contributed by atoms with Gasteiger partial charge in [-0.25, -0.2) is 0 Å². The van der Waals surface area contributed by atoms with Crippen LogP contribution in [0.5, 0.6) is 0 Å². The molecule has 0 radical (unpaired) electrons. The van der Waals surface area contributed by atoms with Crippen molar-refractivity contribution in [3.8, 4) is 0 Å². The maximum Gasteiger partial charge on any atom is 0.0213 e. The van der Waals surface area contributed by atoms with Gasteiger partial charge in [0.1, 0.15) is 0 Å². The highest BCUT2D eigenvalue weighted by Gasteiger charge is 2.17. The van der Waals surface area contributed by atoms with Crippen LogP contribution in [0.1, 0.15) is 24.0 Å². The molecule has 1 heteroatoms. The van der Waals surface area contributed by atoms with Crippen LogP contribution in [0.2, 0.25) is 0 Å². The van der Waals surface area contributed by atoms with Crippen molar-refractivity contribution in [1.82, 2.24) is 0 Å². The highest BCUT2D eigenvalue weighted by molar-refractivity contribution is 5.96. The molecule has 74 valence electrons. The quantitative estimate of drug-likeness (QED) is 0.686. The molecule has 1 aliphatic carbocycles. The van der Waals surface area contributed by atoms with Gasteiger partial charge in [0.05, 0.1) is 0 Å². The Bertz CT molecular complexity index is 561. The Hall–Kier alpha value is -1.76. The van der Waals surface area contributed by atoms with E-state index in [1.54, 1.807) is 0 Å². The van der Waals surface area contributed by atoms with Crippen molar-refractivity contribution in [2.45, 2.75) is 12.8 Å². The zero-order chi connectivity index (χ0) is 10.4. The lowest BCUT2D eigenvalue weighted by atomic mass is 9.85. The van der Waals surface area contributed by atoms with Gasteiger partial charge in [-0.05, 0) is 28.0 Å². The molecule has 1 aliphatic rings. The van der Waals surface area contributed by atoms with Crippen molar-refractivity contribution in [3.05, 3.63) is 53.2 Å². The minimum Gasteiger partial charge on any atom is -0.402 e. The van der Waals surface area contributed by atoms with Gasteiger partial charge in [-0.15, -0.1) is 0 Å². The molecule has 15 heavy (non-hydrogen) atoms. The Morgan fingerprint density at radius 1 is 1.07 bits per heavy atom. The third-order valence-corrected chi connectivity index (χ3v) is 3.26. The SMILES string of the molecule is CC1C(N)=Cc2cccc3cccc1c23. The zero-order valence-corrected chi connectivity index (χ0v) is 8.70. The fourth-order valence-electron chi connectivity index (χ4n) is 2.37. The first-order valence-electron chi connectivity index (χ1n) is 5.26. The normalized spacial score (nSPS) is 19.0. The van der Waals surface area contributed by atoms with Crippen LogP contribution in [0.15, 0.2) is 42.1 Å². The summed E-state index contributed by atoms with van der Waals surface area (Å²) in [5.74, 6) is 0.337. The maximum absolute atomic E-state index is 6.03. The topological polar surface area (TPSA) is 26.0 Å². The van der Waals surface area contributed by atoms with Crippen LogP contribution in [0.4, 0.5) is 0 Å². The number of nitrogens with two attached hydrogens (primary N) is 1. The molecule has 3 rings (SSSR count). The summed E-state index contributed by atoms with van der Waals surface area (Å²) in [4.78, 5) is 0. The molecule has 0 aliphatic heterocycles. The van der Waals surface area contributed by atoms with Gasteiger partial charge in [0, 0.05) is 11.6 Å². The second kappa shape index (κ2) is 2.86.